The average Bonchev–Trinajstić information content (AvgIpc) is 2.71. The van der Waals surface area contributed by atoms with Gasteiger partial charge in [-0.15, -0.1) is 0 Å². The van der Waals surface area contributed by atoms with E-state index in [2.05, 4.69) is 66.4 Å². The molecule has 27 heavy (non-hydrogen) atoms. The van der Waals surface area contributed by atoms with Crippen molar-refractivity contribution in [1.82, 2.24) is 4.90 Å². The molecule has 0 N–H and O–H groups in total. The highest BCUT2D eigenvalue weighted by molar-refractivity contribution is 5.31. The Hall–Kier alpha value is -1.80. The number of likely N-dealkylation sites (tertiary alicyclic amines) is 1. The van der Waals surface area contributed by atoms with Gasteiger partial charge in [0.05, 0.1) is 0 Å². The maximum Gasteiger partial charge on any atom is 0.152 e. The Morgan fingerprint density at radius 1 is 0.852 bits per heavy atom. The first kappa shape index (κ1) is 19.9. The van der Waals surface area contributed by atoms with Gasteiger partial charge in [0.1, 0.15) is 5.75 Å². The second kappa shape index (κ2) is 11.1. The summed E-state index contributed by atoms with van der Waals surface area (Å²) in [5, 5.41) is 0. The molecule has 3 rings (SSSR count). The molecular formula is C25H35NO. The fourth-order valence-electron chi connectivity index (χ4n) is 3.94. The monoisotopic (exact) mass is 365 g/mol. The summed E-state index contributed by atoms with van der Waals surface area (Å²) in [6, 6.07) is 19.4. The summed E-state index contributed by atoms with van der Waals surface area (Å²) in [5.74, 6) is 1.01. The Kier molecular flexibility index (Phi) is 8.23. The van der Waals surface area contributed by atoms with Crippen LogP contribution >= 0.6 is 0 Å². The Balaban J connectivity index is 1.50. The van der Waals surface area contributed by atoms with E-state index in [1.54, 1.807) is 0 Å². The van der Waals surface area contributed by atoms with E-state index in [0.717, 1.165) is 18.6 Å². The lowest BCUT2D eigenvalue weighted by Gasteiger charge is -2.35. The largest absolute Gasteiger partial charge is 0.475 e. The predicted molar refractivity (Wildman–Crippen MR) is 114 cm³/mol. The van der Waals surface area contributed by atoms with Gasteiger partial charge in [0.2, 0.25) is 0 Å². The van der Waals surface area contributed by atoms with Gasteiger partial charge >= 0.3 is 0 Å². The fourth-order valence-corrected chi connectivity index (χ4v) is 3.94. The molecule has 1 unspecified atom stereocenters. The molecule has 1 heterocycles. The summed E-state index contributed by atoms with van der Waals surface area (Å²) in [4.78, 5) is 2.56. The van der Waals surface area contributed by atoms with Crippen molar-refractivity contribution in [1.29, 1.82) is 0 Å². The molecule has 1 saturated heterocycles. The van der Waals surface area contributed by atoms with E-state index in [1.807, 2.05) is 0 Å². The van der Waals surface area contributed by atoms with Gasteiger partial charge in [-0.25, -0.2) is 0 Å². The lowest BCUT2D eigenvalue weighted by molar-refractivity contribution is -0.00474. The third-order valence-corrected chi connectivity index (χ3v) is 5.55. The average molecular weight is 366 g/mol. The van der Waals surface area contributed by atoms with E-state index >= 15 is 0 Å². The lowest BCUT2D eigenvalue weighted by Crippen LogP contribution is -2.43. The minimum atomic E-state index is 0.255. The SMILES string of the molecule is CCCCCCCN1CCCCC1Oc1ccc(Cc2ccccc2)cc1. The molecule has 0 radical (unpaired) electrons. The van der Waals surface area contributed by atoms with Crippen LogP contribution in [0.5, 0.6) is 5.75 Å². The van der Waals surface area contributed by atoms with Crippen molar-refractivity contribution in [2.75, 3.05) is 13.1 Å². The van der Waals surface area contributed by atoms with E-state index < -0.39 is 0 Å². The van der Waals surface area contributed by atoms with Gasteiger partial charge in [0, 0.05) is 13.1 Å². The van der Waals surface area contributed by atoms with Crippen LogP contribution in [-0.2, 0) is 6.42 Å². The van der Waals surface area contributed by atoms with Gasteiger partial charge < -0.3 is 4.74 Å². The van der Waals surface area contributed by atoms with Crippen molar-refractivity contribution in [2.45, 2.75) is 70.9 Å². The maximum atomic E-state index is 6.38. The van der Waals surface area contributed by atoms with Gasteiger partial charge in [-0.3, -0.25) is 4.90 Å². The third-order valence-electron chi connectivity index (χ3n) is 5.55. The summed E-state index contributed by atoms with van der Waals surface area (Å²) in [6.45, 7) is 4.64. The van der Waals surface area contributed by atoms with Crippen molar-refractivity contribution in [3.05, 3.63) is 65.7 Å². The van der Waals surface area contributed by atoms with Crippen molar-refractivity contribution >= 4 is 0 Å². The van der Waals surface area contributed by atoms with E-state index in [0.29, 0.717) is 0 Å². The van der Waals surface area contributed by atoms with Crippen molar-refractivity contribution in [3.8, 4) is 5.75 Å². The van der Waals surface area contributed by atoms with Crippen LogP contribution in [0, 0.1) is 0 Å². The van der Waals surface area contributed by atoms with Crippen molar-refractivity contribution < 1.29 is 4.74 Å². The molecule has 0 spiro atoms. The van der Waals surface area contributed by atoms with Crippen LogP contribution in [0.25, 0.3) is 0 Å². The van der Waals surface area contributed by atoms with E-state index in [-0.39, 0.29) is 6.23 Å². The van der Waals surface area contributed by atoms with Crippen LogP contribution in [0.1, 0.15) is 69.4 Å². The quantitative estimate of drug-likeness (QED) is 0.449. The highest BCUT2D eigenvalue weighted by Gasteiger charge is 2.23. The summed E-state index contributed by atoms with van der Waals surface area (Å²) < 4.78 is 6.38. The van der Waals surface area contributed by atoms with E-state index in [1.165, 1.54) is 69.2 Å². The zero-order valence-electron chi connectivity index (χ0n) is 16.9. The van der Waals surface area contributed by atoms with Gasteiger partial charge in [0.15, 0.2) is 6.23 Å². The molecular weight excluding hydrogens is 330 g/mol. The number of ether oxygens (including phenoxy) is 1. The maximum absolute atomic E-state index is 6.38. The smallest absolute Gasteiger partial charge is 0.152 e. The molecule has 0 saturated carbocycles. The molecule has 1 aliphatic heterocycles. The van der Waals surface area contributed by atoms with Gasteiger partial charge in [-0.05, 0) is 55.4 Å². The van der Waals surface area contributed by atoms with Crippen LogP contribution < -0.4 is 4.74 Å². The second-order valence-electron chi connectivity index (χ2n) is 7.82. The van der Waals surface area contributed by atoms with Crippen LogP contribution in [0.15, 0.2) is 54.6 Å². The number of piperidine rings is 1. The van der Waals surface area contributed by atoms with Crippen LogP contribution in [-0.4, -0.2) is 24.2 Å². The molecule has 0 aromatic heterocycles. The van der Waals surface area contributed by atoms with Crippen molar-refractivity contribution in [2.24, 2.45) is 0 Å². The minimum Gasteiger partial charge on any atom is -0.475 e. The fraction of sp³-hybridized carbons (Fsp3) is 0.520. The van der Waals surface area contributed by atoms with Gasteiger partial charge in [-0.1, -0.05) is 75.1 Å². The Labute approximate surface area is 165 Å². The molecule has 1 aliphatic rings. The summed E-state index contributed by atoms with van der Waals surface area (Å²) in [6.07, 6.45) is 11.7. The van der Waals surface area contributed by atoms with E-state index in [4.69, 9.17) is 4.74 Å². The normalized spacial score (nSPS) is 17.7. The minimum absolute atomic E-state index is 0.255. The predicted octanol–water partition coefficient (Wildman–Crippen LogP) is 6.44. The summed E-state index contributed by atoms with van der Waals surface area (Å²) in [5.41, 5.74) is 2.69. The third kappa shape index (κ3) is 6.70. The molecule has 2 aromatic rings. The molecule has 2 nitrogen and oxygen atoms in total. The standard InChI is InChI=1S/C25H35NO/c1-2-3-4-5-10-19-26-20-11-9-14-25(26)27-24-17-15-23(16-18-24)21-22-12-7-6-8-13-22/h6-8,12-13,15-18,25H,2-5,9-11,14,19-21H2,1H3. The van der Waals surface area contributed by atoms with Crippen LogP contribution in [0.3, 0.4) is 0 Å². The molecule has 1 fully saturated rings. The highest BCUT2D eigenvalue weighted by Crippen LogP contribution is 2.23. The molecule has 0 bridgehead atoms. The number of unbranched alkanes of at least 4 members (excludes halogenated alkanes) is 4. The molecule has 2 aromatic carbocycles. The van der Waals surface area contributed by atoms with Gasteiger partial charge in [-0.2, -0.15) is 0 Å². The molecule has 2 heteroatoms. The van der Waals surface area contributed by atoms with Crippen LogP contribution in [0.2, 0.25) is 0 Å². The van der Waals surface area contributed by atoms with Crippen molar-refractivity contribution in [3.63, 3.8) is 0 Å². The first-order valence-electron chi connectivity index (χ1n) is 10.9. The Morgan fingerprint density at radius 2 is 1.59 bits per heavy atom. The number of benzene rings is 2. The highest BCUT2D eigenvalue weighted by atomic mass is 16.5. The lowest BCUT2D eigenvalue weighted by atomic mass is 10.1. The number of hydrogen-bond donors (Lipinski definition) is 0. The van der Waals surface area contributed by atoms with Gasteiger partial charge in [0.25, 0.3) is 0 Å². The molecule has 0 amide bonds. The van der Waals surface area contributed by atoms with E-state index in [9.17, 15) is 0 Å². The molecule has 146 valence electrons. The number of nitrogens with zero attached hydrogens (tertiary/aromatic N) is 1. The summed E-state index contributed by atoms with van der Waals surface area (Å²) in [7, 11) is 0. The summed E-state index contributed by atoms with van der Waals surface area (Å²) >= 11 is 0. The first-order valence-corrected chi connectivity index (χ1v) is 10.9. The first-order chi connectivity index (χ1) is 13.3. The Bertz CT molecular complexity index is 637. The molecule has 0 aliphatic carbocycles. The number of hydrogen-bond acceptors (Lipinski definition) is 2. The second-order valence-corrected chi connectivity index (χ2v) is 7.82. The number of rotatable bonds is 10. The Morgan fingerprint density at radius 3 is 2.37 bits per heavy atom. The topological polar surface area (TPSA) is 12.5 Å². The molecule has 1 atom stereocenters. The zero-order valence-corrected chi connectivity index (χ0v) is 16.9. The van der Waals surface area contributed by atoms with Crippen LogP contribution in [0.4, 0.5) is 0 Å². The zero-order chi connectivity index (χ0) is 18.7.